The third kappa shape index (κ3) is 10.4. The van der Waals surface area contributed by atoms with Gasteiger partial charge in [-0.2, -0.15) is 0 Å². The Kier molecular flexibility index (Phi) is 12.9. The van der Waals surface area contributed by atoms with Gasteiger partial charge < -0.3 is 19.9 Å². The smallest absolute Gasteiger partial charge is 0.247 e. The van der Waals surface area contributed by atoms with Crippen LogP contribution in [0.3, 0.4) is 0 Å². The van der Waals surface area contributed by atoms with E-state index in [0.29, 0.717) is 37.1 Å². The van der Waals surface area contributed by atoms with Crippen LogP contribution in [0.2, 0.25) is 0 Å². The van der Waals surface area contributed by atoms with Gasteiger partial charge in [0.2, 0.25) is 21.8 Å². The van der Waals surface area contributed by atoms with Crippen LogP contribution in [0.1, 0.15) is 73.5 Å². The van der Waals surface area contributed by atoms with Gasteiger partial charge in [-0.25, -0.2) is 34.5 Å². The SMILES string of the molecule is CC(C)(C(=O)Nc1nc2ccccc2s1)S(=O)(=O)CC1CCOCC1.CC(C)(C)c1cc(NC(=O)C(C)(C)S(=O)(=O)CC2CCN(S(C)(=O)=O)C2)no1. The van der Waals surface area contributed by atoms with Crippen molar-refractivity contribution < 1.29 is 44.1 Å². The molecule has 53 heavy (non-hydrogen) atoms. The molecule has 0 spiro atoms. The fraction of sp³-hybridized carbons (Fsp3) is 0.647. The van der Waals surface area contributed by atoms with E-state index in [4.69, 9.17) is 9.26 Å². The molecule has 2 aliphatic rings. The average molecular weight is 818 g/mol. The molecule has 0 aliphatic carbocycles. The van der Waals surface area contributed by atoms with Crippen LogP contribution in [-0.4, -0.2) is 105 Å². The quantitative estimate of drug-likeness (QED) is 0.278. The lowest BCUT2D eigenvalue weighted by Crippen LogP contribution is -2.47. The van der Waals surface area contributed by atoms with Gasteiger partial charge in [0.25, 0.3) is 0 Å². The predicted molar refractivity (Wildman–Crippen MR) is 206 cm³/mol. The van der Waals surface area contributed by atoms with Crippen molar-refractivity contribution in [1.82, 2.24) is 14.4 Å². The number of benzene rings is 1. The Bertz CT molecular complexity index is 2080. The minimum atomic E-state index is -3.85. The number of ether oxygens (including phenoxy) is 1. The zero-order valence-corrected chi connectivity index (χ0v) is 34.7. The van der Waals surface area contributed by atoms with Crippen molar-refractivity contribution in [2.75, 3.05) is 54.7 Å². The third-order valence-electron chi connectivity index (χ3n) is 9.62. The monoisotopic (exact) mass is 817 g/mol. The van der Waals surface area contributed by atoms with Gasteiger partial charge in [0.15, 0.2) is 30.6 Å². The maximum Gasteiger partial charge on any atom is 0.247 e. The molecule has 2 aliphatic heterocycles. The molecule has 3 aromatic rings. The second kappa shape index (κ2) is 16.0. The fourth-order valence-corrected chi connectivity index (χ4v) is 10.7. The second-order valence-corrected chi connectivity index (χ2v) is 23.8. The fourth-order valence-electron chi connectivity index (χ4n) is 5.59. The van der Waals surface area contributed by atoms with Crippen LogP contribution in [0.25, 0.3) is 10.2 Å². The van der Waals surface area contributed by atoms with Gasteiger partial charge in [0, 0.05) is 37.8 Å². The first-order chi connectivity index (χ1) is 24.3. The van der Waals surface area contributed by atoms with Gasteiger partial charge in [-0.05, 0) is 70.9 Å². The van der Waals surface area contributed by atoms with E-state index >= 15 is 0 Å². The summed E-state index contributed by atoms with van der Waals surface area (Å²) in [6, 6.07) is 9.11. The van der Waals surface area contributed by atoms with Crippen molar-refractivity contribution in [3.05, 3.63) is 36.1 Å². The number of amides is 2. The number of anilines is 2. The summed E-state index contributed by atoms with van der Waals surface area (Å²) in [5, 5.41) is 9.39. The molecule has 2 fully saturated rings. The highest BCUT2D eigenvalue weighted by molar-refractivity contribution is 7.93. The van der Waals surface area contributed by atoms with Crippen molar-refractivity contribution in [3.63, 3.8) is 0 Å². The molecular formula is C34H51N5O10S4. The molecule has 1 aromatic carbocycles. The van der Waals surface area contributed by atoms with E-state index in [1.54, 1.807) is 6.07 Å². The Morgan fingerprint density at radius 3 is 1.94 bits per heavy atom. The van der Waals surface area contributed by atoms with Crippen LogP contribution in [0.15, 0.2) is 34.9 Å². The highest BCUT2D eigenvalue weighted by atomic mass is 32.2. The van der Waals surface area contributed by atoms with Crippen LogP contribution in [0, 0.1) is 11.8 Å². The van der Waals surface area contributed by atoms with Crippen LogP contribution in [-0.2, 0) is 49.4 Å². The molecule has 2 amide bonds. The van der Waals surface area contributed by atoms with Crippen molar-refractivity contribution in [3.8, 4) is 0 Å². The number of hydrogen-bond donors (Lipinski definition) is 2. The van der Waals surface area contributed by atoms with Gasteiger partial charge in [0.05, 0.1) is 28.0 Å². The maximum atomic E-state index is 12.9. The standard InChI is InChI=1S/C17H29N3O6S2.C17H22N2O4S2/c1-16(2,3)13-9-14(19-26-13)18-15(21)17(4,5)28(24,25)11-12-7-8-20(10-12)27(6,22)23;1-17(2,25(21,22)11-12-7-9-23-10-8-12)15(20)19-16-18-13-5-3-4-6-14(13)24-16/h9,12H,7-8,10-11H2,1-6H3,(H,18,19,21);3-6,12H,7-11H2,1-2H3,(H,18,19,20). The molecule has 2 aromatic heterocycles. The van der Waals surface area contributed by atoms with E-state index in [2.05, 4.69) is 20.8 Å². The zero-order chi connectivity index (χ0) is 39.6. The number of sulfonamides is 1. The Labute approximate surface area is 316 Å². The first-order valence-electron chi connectivity index (χ1n) is 17.3. The molecule has 15 nitrogen and oxygen atoms in total. The number of rotatable bonds is 11. The van der Waals surface area contributed by atoms with Crippen LogP contribution >= 0.6 is 11.3 Å². The first kappa shape index (κ1) is 42.8. The number of carbonyl (C=O) groups excluding carboxylic acids is 2. The van der Waals surface area contributed by atoms with Gasteiger partial charge >= 0.3 is 0 Å². The number of nitrogens with one attached hydrogen (secondary N) is 2. The molecule has 2 N–H and O–H groups in total. The lowest BCUT2D eigenvalue weighted by atomic mass is 9.93. The average Bonchev–Trinajstić information content (AvgIpc) is 3.81. The number of sulfone groups is 2. The molecule has 19 heteroatoms. The number of nitrogens with zero attached hydrogens (tertiary/aromatic N) is 3. The summed E-state index contributed by atoms with van der Waals surface area (Å²) in [6.45, 7) is 13.0. The molecule has 0 radical (unpaired) electrons. The molecule has 296 valence electrons. The number of hydrogen-bond acceptors (Lipinski definition) is 13. The molecule has 1 unspecified atom stereocenters. The van der Waals surface area contributed by atoms with Crippen molar-refractivity contribution in [2.24, 2.45) is 11.8 Å². The first-order valence-corrected chi connectivity index (χ1v) is 23.2. The maximum absolute atomic E-state index is 12.9. The van der Waals surface area contributed by atoms with Crippen molar-refractivity contribution in [1.29, 1.82) is 0 Å². The minimum absolute atomic E-state index is 0.0105. The van der Waals surface area contributed by atoms with E-state index in [1.165, 1.54) is 43.3 Å². The summed E-state index contributed by atoms with van der Waals surface area (Å²) in [5.41, 5.74) is 0.483. The molecular weight excluding hydrogens is 767 g/mol. The van der Waals surface area contributed by atoms with Gasteiger partial charge in [-0.1, -0.05) is 49.4 Å². The minimum Gasteiger partial charge on any atom is -0.381 e. The third-order valence-corrected chi connectivity index (χ3v) is 17.1. The Morgan fingerprint density at radius 2 is 1.42 bits per heavy atom. The molecule has 4 heterocycles. The summed E-state index contributed by atoms with van der Waals surface area (Å²) in [6.07, 6.45) is 2.98. The number of para-hydroxylation sites is 1. The van der Waals surface area contributed by atoms with Gasteiger partial charge in [-0.3, -0.25) is 9.59 Å². The summed E-state index contributed by atoms with van der Waals surface area (Å²) in [5.74, 6) is -1.07. The highest BCUT2D eigenvalue weighted by Gasteiger charge is 2.45. The van der Waals surface area contributed by atoms with Gasteiger partial charge in [0.1, 0.15) is 15.3 Å². The number of carbonyl (C=O) groups is 2. The number of thiazole rings is 1. The van der Waals surface area contributed by atoms with Crippen molar-refractivity contribution >= 4 is 74.0 Å². The lowest BCUT2D eigenvalue weighted by Gasteiger charge is -2.28. The molecule has 2 saturated heterocycles. The lowest BCUT2D eigenvalue weighted by molar-refractivity contribution is -0.118. The van der Waals surface area contributed by atoms with Crippen molar-refractivity contribution in [2.45, 2.75) is 82.6 Å². The molecule has 1 atom stereocenters. The summed E-state index contributed by atoms with van der Waals surface area (Å²) in [4.78, 5) is 29.6. The van der Waals surface area contributed by atoms with Crippen LogP contribution in [0.5, 0.6) is 0 Å². The van der Waals surface area contributed by atoms with Gasteiger partial charge in [-0.15, -0.1) is 0 Å². The van der Waals surface area contributed by atoms with E-state index < -0.39 is 51.0 Å². The summed E-state index contributed by atoms with van der Waals surface area (Å²) >= 11 is 1.33. The Hall–Kier alpha value is -2.97. The largest absolute Gasteiger partial charge is 0.381 e. The molecule has 0 bridgehead atoms. The molecule has 5 rings (SSSR count). The highest BCUT2D eigenvalue weighted by Crippen LogP contribution is 2.31. The Balaban J connectivity index is 0.000000238. The summed E-state index contributed by atoms with van der Waals surface area (Å²) < 4.78 is 84.1. The molecule has 0 saturated carbocycles. The van der Waals surface area contributed by atoms with Crippen LogP contribution in [0.4, 0.5) is 10.9 Å². The number of aromatic nitrogens is 2. The van der Waals surface area contributed by atoms with Crippen LogP contribution < -0.4 is 10.6 Å². The summed E-state index contributed by atoms with van der Waals surface area (Å²) in [7, 11) is -10.8. The topological polar surface area (TPSA) is 212 Å². The van der Waals surface area contributed by atoms with E-state index in [-0.39, 0.29) is 41.1 Å². The number of fused-ring (bicyclic) bond motifs is 1. The zero-order valence-electron chi connectivity index (χ0n) is 31.5. The van der Waals surface area contributed by atoms with E-state index in [0.717, 1.165) is 29.3 Å². The predicted octanol–water partition coefficient (Wildman–Crippen LogP) is 4.24. The van der Waals surface area contributed by atoms with E-state index in [9.17, 15) is 34.8 Å². The van der Waals surface area contributed by atoms with E-state index in [1.807, 2.05) is 45.0 Å². The Morgan fingerprint density at radius 1 is 0.849 bits per heavy atom. The second-order valence-electron chi connectivity index (χ2n) is 15.6. The normalized spacial score (nSPS) is 18.4.